The number of nitrogens with zero attached hydrogens (tertiary/aromatic N) is 2. The minimum absolute atomic E-state index is 0.227. The Hall–Kier alpha value is -2.49. The Kier molecular flexibility index (Phi) is 5.82. The Bertz CT molecular complexity index is 821. The molecule has 1 heterocycles. The maximum absolute atomic E-state index is 13.7. The molecule has 26 heavy (non-hydrogen) atoms. The fraction of sp³-hybridized carbons (Fsp3) is 0.300. The van der Waals surface area contributed by atoms with Gasteiger partial charge in [0, 0.05) is 11.3 Å². The minimum atomic E-state index is -0.227. The molecule has 2 aromatic rings. The maximum Gasteiger partial charge on any atom is 0.173 e. The first-order chi connectivity index (χ1) is 12.5. The van der Waals surface area contributed by atoms with Gasteiger partial charge in [-0.3, -0.25) is 0 Å². The van der Waals surface area contributed by atoms with Crippen molar-refractivity contribution in [3.05, 3.63) is 65.0 Å². The van der Waals surface area contributed by atoms with Crippen molar-refractivity contribution in [1.29, 1.82) is 5.26 Å². The fourth-order valence-electron chi connectivity index (χ4n) is 3.06. The SMILES string of the molecule is Cc1ccc(NC(=S)N2CC[NH+](Cc3ccc(C#N)cc3)CC2)cc1F. The Balaban J connectivity index is 1.50. The molecule has 0 aliphatic carbocycles. The van der Waals surface area contributed by atoms with Crippen LogP contribution >= 0.6 is 12.2 Å². The summed E-state index contributed by atoms with van der Waals surface area (Å²) < 4.78 is 13.7. The molecule has 2 N–H and O–H groups in total. The van der Waals surface area contributed by atoms with Gasteiger partial charge in [0.2, 0.25) is 0 Å². The van der Waals surface area contributed by atoms with Gasteiger partial charge < -0.3 is 15.1 Å². The first-order valence-electron chi connectivity index (χ1n) is 8.70. The van der Waals surface area contributed by atoms with Gasteiger partial charge in [0.15, 0.2) is 5.11 Å². The zero-order chi connectivity index (χ0) is 18.5. The third-order valence-corrected chi connectivity index (χ3v) is 5.08. The third-order valence-electron chi connectivity index (χ3n) is 4.72. The number of benzene rings is 2. The normalized spacial score (nSPS) is 14.7. The van der Waals surface area contributed by atoms with Crippen LogP contribution in [0.1, 0.15) is 16.7 Å². The minimum Gasteiger partial charge on any atom is -0.338 e. The number of halogens is 1. The Labute approximate surface area is 158 Å². The second kappa shape index (κ2) is 8.26. The highest BCUT2D eigenvalue weighted by Gasteiger charge is 2.22. The molecular weight excluding hydrogens is 347 g/mol. The molecule has 1 saturated heterocycles. The molecule has 0 amide bonds. The molecule has 0 spiro atoms. The molecule has 1 fully saturated rings. The number of rotatable bonds is 3. The van der Waals surface area contributed by atoms with Crippen molar-refractivity contribution in [2.24, 2.45) is 0 Å². The van der Waals surface area contributed by atoms with Crippen LogP contribution in [0, 0.1) is 24.1 Å². The van der Waals surface area contributed by atoms with Gasteiger partial charge >= 0.3 is 0 Å². The van der Waals surface area contributed by atoms with Crippen molar-refractivity contribution < 1.29 is 9.29 Å². The predicted octanol–water partition coefficient (Wildman–Crippen LogP) is 2.10. The fourth-order valence-corrected chi connectivity index (χ4v) is 3.36. The van der Waals surface area contributed by atoms with Crippen LogP contribution in [0.25, 0.3) is 0 Å². The van der Waals surface area contributed by atoms with Crippen LogP contribution in [0.3, 0.4) is 0 Å². The third kappa shape index (κ3) is 4.57. The number of hydrogen-bond acceptors (Lipinski definition) is 2. The van der Waals surface area contributed by atoms with Crippen LogP contribution in [-0.2, 0) is 6.54 Å². The van der Waals surface area contributed by atoms with Crippen molar-refractivity contribution in [3.63, 3.8) is 0 Å². The lowest BCUT2D eigenvalue weighted by molar-refractivity contribution is -0.917. The summed E-state index contributed by atoms with van der Waals surface area (Å²) in [6, 6.07) is 15.0. The van der Waals surface area contributed by atoms with E-state index in [1.807, 2.05) is 30.3 Å². The molecule has 0 radical (unpaired) electrons. The molecule has 1 aliphatic heterocycles. The van der Waals surface area contributed by atoms with Gasteiger partial charge in [-0.2, -0.15) is 5.26 Å². The van der Waals surface area contributed by atoms with Crippen LogP contribution in [0.15, 0.2) is 42.5 Å². The number of aryl methyl sites for hydroxylation is 1. The maximum atomic E-state index is 13.7. The van der Waals surface area contributed by atoms with Crippen LogP contribution < -0.4 is 10.2 Å². The molecule has 4 nitrogen and oxygen atoms in total. The number of hydrogen-bond donors (Lipinski definition) is 2. The van der Waals surface area contributed by atoms with E-state index in [0.29, 0.717) is 21.9 Å². The van der Waals surface area contributed by atoms with E-state index in [9.17, 15) is 4.39 Å². The highest BCUT2D eigenvalue weighted by atomic mass is 32.1. The van der Waals surface area contributed by atoms with E-state index in [0.717, 1.165) is 32.7 Å². The van der Waals surface area contributed by atoms with Crippen molar-refractivity contribution >= 4 is 23.0 Å². The highest BCUT2D eigenvalue weighted by molar-refractivity contribution is 7.80. The number of thiocarbonyl (C=S) groups is 1. The molecule has 0 bridgehead atoms. The number of nitriles is 1. The standard InChI is InChI=1S/C20H21FN4S/c1-15-2-7-18(12-19(15)21)23-20(26)25-10-8-24(9-11-25)14-17-5-3-16(13-22)4-6-17/h2-7,12H,8-11,14H2,1H3,(H,23,26)/p+1. The summed E-state index contributed by atoms with van der Waals surface area (Å²) in [5.74, 6) is -0.227. The van der Waals surface area contributed by atoms with Gasteiger partial charge in [-0.1, -0.05) is 18.2 Å². The predicted molar refractivity (Wildman–Crippen MR) is 104 cm³/mol. The summed E-state index contributed by atoms with van der Waals surface area (Å²) in [6.07, 6.45) is 0. The van der Waals surface area contributed by atoms with E-state index in [1.54, 1.807) is 13.0 Å². The summed E-state index contributed by atoms with van der Waals surface area (Å²) in [4.78, 5) is 3.63. The van der Waals surface area contributed by atoms with Gasteiger partial charge in [-0.05, 0) is 49.0 Å². The Morgan fingerprint density at radius 3 is 2.54 bits per heavy atom. The first-order valence-corrected chi connectivity index (χ1v) is 9.10. The van der Waals surface area contributed by atoms with Gasteiger partial charge in [0.1, 0.15) is 12.4 Å². The summed E-state index contributed by atoms with van der Waals surface area (Å²) >= 11 is 5.48. The van der Waals surface area contributed by atoms with Crippen molar-refractivity contribution in [3.8, 4) is 6.07 Å². The van der Waals surface area contributed by atoms with Gasteiger partial charge in [0.25, 0.3) is 0 Å². The van der Waals surface area contributed by atoms with Crippen LogP contribution in [0.2, 0.25) is 0 Å². The first kappa shape index (κ1) is 18.3. The molecule has 0 unspecified atom stereocenters. The van der Waals surface area contributed by atoms with Gasteiger partial charge in [-0.15, -0.1) is 0 Å². The number of nitrogens with one attached hydrogen (secondary N) is 2. The zero-order valence-electron chi connectivity index (χ0n) is 14.8. The van der Waals surface area contributed by atoms with Crippen molar-refractivity contribution in [2.45, 2.75) is 13.5 Å². The van der Waals surface area contributed by atoms with Crippen LogP contribution in [0.4, 0.5) is 10.1 Å². The smallest absolute Gasteiger partial charge is 0.173 e. The molecule has 0 atom stereocenters. The van der Waals surface area contributed by atoms with Gasteiger partial charge in [0.05, 0.1) is 37.8 Å². The quantitative estimate of drug-likeness (QED) is 0.814. The van der Waals surface area contributed by atoms with Crippen LogP contribution in [-0.4, -0.2) is 36.2 Å². The van der Waals surface area contributed by atoms with E-state index in [4.69, 9.17) is 17.5 Å². The highest BCUT2D eigenvalue weighted by Crippen LogP contribution is 2.14. The Morgan fingerprint density at radius 2 is 1.92 bits per heavy atom. The Morgan fingerprint density at radius 1 is 1.23 bits per heavy atom. The average Bonchev–Trinajstić information content (AvgIpc) is 2.66. The van der Waals surface area contributed by atoms with Crippen LogP contribution in [0.5, 0.6) is 0 Å². The second-order valence-corrected chi connectivity index (χ2v) is 7.00. The summed E-state index contributed by atoms with van der Waals surface area (Å²) in [7, 11) is 0. The molecule has 6 heteroatoms. The zero-order valence-corrected chi connectivity index (χ0v) is 15.6. The lowest BCUT2D eigenvalue weighted by Crippen LogP contribution is -3.13. The monoisotopic (exact) mass is 369 g/mol. The number of piperazine rings is 1. The molecule has 1 aliphatic rings. The van der Waals surface area contributed by atoms with E-state index < -0.39 is 0 Å². The lowest BCUT2D eigenvalue weighted by Gasteiger charge is -2.34. The largest absolute Gasteiger partial charge is 0.338 e. The van der Waals surface area contributed by atoms with Gasteiger partial charge in [-0.25, -0.2) is 4.39 Å². The van der Waals surface area contributed by atoms with E-state index in [2.05, 4.69) is 16.3 Å². The molecule has 2 aromatic carbocycles. The molecule has 0 saturated carbocycles. The lowest BCUT2D eigenvalue weighted by atomic mass is 10.1. The van der Waals surface area contributed by atoms with Crippen molar-refractivity contribution in [1.82, 2.24) is 4.90 Å². The molecule has 0 aromatic heterocycles. The molecular formula is C20H22FN4S+. The molecule has 134 valence electrons. The van der Waals surface area contributed by atoms with E-state index in [1.165, 1.54) is 16.5 Å². The summed E-state index contributed by atoms with van der Waals surface area (Å²) in [5, 5.41) is 12.6. The summed E-state index contributed by atoms with van der Waals surface area (Å²) in [6.45, 7) is 6.40. The topological polar surface area (TPSA) is 43.5 Å². The number of quaternary nitrogens is 1. The molecule has 3 rings (SSSR count). The average molecular weight is 369 g/mol. The summed E-state index contributed by atoms with van der Waals surface area (Å²) in [5.41, 5.74) is 3.24. The second-order valence-electron chi connectivity index (χ2n) is 6.62. The van der Waals surface area contributed by atoms with E-state index >= 15 is 0 Å². The number of anilines is 1. The van der Waals surface area contributed by atoms with E-state index in [-0.39, 0.29) is 5.82 Å². The van der Waals surface area contributed by atoms with Crippen molar-refractivity contribution in [2.75, 3.05) is 31.5 Å².